The molecule has 1 atom stereocenters. The van der Waals surface area contributed by atoms with Crippen molar-refractivity contribution in [2.75, 3.05) is 6.54 Å². The molecule has 0 bridgehead atoms. The van der Waals surface area contributed by atoms with Gasteiger partial charge in [0.15, 0.2) is 0 Å². The molecule has 1 aromatic rings. The van der Waals surface area contributed by atoms with Gasteiger partial charge in [0.05, 0.1) is 0 Å². The zero-order valence-electron chi connectivity index (χ0n) is 11.2. The summed E-state index contributed by atoms with van der Waals surface area (Å²) in [6, 6.07) is 5.64. The summed E-state index contributed by atoms with van der Waals surface area (Å²) in [6.07, 6.45) is 4.60. The Morgan fingerprint density at radius 3 is 2.50 bits per heavy atom. The molecule has 100 valence electrons. The first kappa shape index (κ1) is 14.7. The molecule has 3 heteroatoms. The number of unbranched alkanes of at least 4 members (excludes halogenated alkanes) is 1. The molecule has 1 rings (SSSR count). The van der Waals surface area contributed by atoms with Crippen LogP contribution in [0.15, 0.2) is 24.3 Å². The normalized spacial score (nSPS) is 12.2. The third-order valence-corrected chi connectivity index (χ3v) is 3.20. The maximum absolute atomic E-state index is 12.7. The molecule has 1 aromatic carbocycles. The molecule has 0 aromatic heterocycles. The molecule has 0 unspecified atom stereocenters. The van der Waals surface area contributed by atoms with Crippen LogP contribution in [-0.2, 0) is 0 Å². The second kappa shape index (κ2) is 7.85. The average Bonchev–Trinajstić information content (AvgIpc) is 2.39. The molecule has 0 aliphatic carbocycles. The van der Waals surface area contributed by atoms with E-state index in [1.165, 1.54) is 37.1 Å². The highest BCUT2D eigenvalue weighted by molar-refractivity contribution is 5.94. The number of rotatable bonds is 7. The molecule has 18 heavy (non-hydrogen) atoms. The van der Waals surface area contributed by atoms with Crippen molar-refractivity contribution < 1.29 is 9.18 Å². The molecule has 1 amide bonds. The predicted molar refractivity (Wildman–Crippen MR) is 72.0 cm³/mol. The molecule has 0 saturated heterocycles. The number of amides is 1. The van der Waals surface area contributed by atoms with Gasteiger partial charge in [-0.05, 0) is 36.6 Å². The maximum atomic E-state index is 12.7. The van der Waals surface area contributed by atoms with Gasteiger partial charge in [-0.15, -0.1) is 0 Å². The molecular weight excluding hydrogens is 229 g/mol. The van der Waals surface area contributed by atoms with Gasteiger partial charge in [-0.3, -0.25) is 4.79 Å². The summed E-state index contributed by atoms with van der Waals surface area (Å²) in [7, 11) is 0. The molecule has 2 nitrogen and oxygen atoms in total. The van der Waals surface area contributed by atoms with Crippen LogP contribution in [0, 0.1) is 11.7 Å². The average molecular weight is 251 g/mol. The van der Waals surface area contributed by atoms with Gasteiger partial charge in [-0.2, -0.15) is 0 Å². The van der Waals surface area contributed by atoms with E-state index in [4.69, 9.17) is 0 Å². The van der Waals surface area contributed by atoms with E-state index in [1.807, 2.05) is 0 Å². The standard InChI is InChI=1S/C15H22FNO/c1-3-5-6-12(4-2)11-17-15(18)13-7-9-14(16)10-8-13/h7-10,12H,3-6,11H2,1-2H3,(H,17,18)/t12-/m1/s1. The number of hydrogen-bond acceptors (Lipinski definition) is 1. The lowest BCUT2D eigenvalue weighted by atomic mass is 9.99. The van der Waals surface area contributed by atoms with Gasteiger partial charge >= 0.3 is 0 Å². The third-order valence-electron chi connectivity index (χ3n) is 3.20. The molecule has 0 fully saturated rings. The molecule has 0 saturated carbocycles. The van der Waals surface area contributed by atoms with Crippen LogP contribution in [0.2, 0.25) is 0 Å². The first-order chi connectivity index (χ1) is 8.67. The molecule has 0 aliphatic heterocycles. The lowest BCUT2D eigenvalue weighted by Crippen LogP contribution is -2.29. The van der Waals surface area contributed by atoms with Crippen LogP contribution in [-0.4, -0.2) is 12.5 Å². The van der Waals surface area contributed by atoms with Gasteiger partial charge in [0.2, 0.25) is 0 Å². The van der Waals surface area contributed by atoms with E-state index in [0.29, 0.717) is 18.0 Å². The van der Waals surface area contributed by atoms with E-state index in [-0.39, 0.29) is 11.7 Å². The summed E-state index contributed by atoms with van der Waals surface area (Å²) in [5.74, 6) is 0.0974. The Hall–Kier alpha value is -1.38. The largest absolute Gasteiger partial charge is 0.352 e. The van der Waals surface area contributed by atoms with E-state index >= 15 is 0 Å². The monoisotopic (exact) mass is 251 g/mol. The van der Waals surface area contributed by atoms with Crippen molar-refractivity contribution in [1.82, 2.24) is 5.32 Å². The van der Waals surface area contributed by atoms with Crippen molar-refractivity contribution in [3.63, 3.8) is 0 Å². The minimum absolute atomic E-state index is 0.120. The summed E-state index contributed by atoms with van der Waals surface area (Å²) >= 11 is 0. The highest BCUT2D eigenvalue weighted by Crippen LogP contribution is 2.11. The molecule has 0 radical (unpaired) electrons. The Morgan fingerprint density at radius 2 is 1.94 bits per heavy atom. The predicted octanol–water partition coefficient (Wildman–Crippen LogP) is 3.77. The summed E-state index contributed by atoms with van der Waals surface area (Å²) in [6.45, 7) is 5.01. The zero-order chi connectivity index (χ0) is 13.4. The van der Waals surface area contributed by atoms with Crippen LogP contribution in [0.4, 0.5) is 4.39 Å². The maximum Gasteiger partial charge on any atom is 0.251 e. The molecule has 1 N–H and O–H groups in total. The van der Waals surface area contributed by atoms with Crippen molar-refractivity contribution in [2.45, 2.75) is 39.5 Å². The second-order valence-electron chi connectivity index (χ2n) is 4.63. The number of halogens is 1. The Bertz CT molecular complexity index is 361. The van der Waals surface area contributed by atoms with E-state index in [9.17, 15) is 9.18 Å². The Labute approximate surface area is 109 Å². The summed E-state index contributed by atoms with van der Waals surface area (Å²) in [5, 5.41) is 2.92. The summed E-state index contributed by atoms with van der Waals surface area (Å²) in [4.78, 5) is 11.8. The molecular formula is C15H22FNO. The van der Waals surface area contributed by atoms with Gasteiger partial charge in [-0.1, -0.05) is 33.1 Å². The Morgan fingerprint density at radius 1 is 1.28 bits per heavy atom. The van der Waals surface area contributed by atoms with Crippen molar-refractivity contribution in [2.24, 2.45) is 5.92 Å². The quantitative estimate of drug-likeness (QED) is 0.785. The topological polar surface area (TPSA) is 29.1 Å². The Kier molecular flexibility index (Phi) is 6.40. The van der Waals surface area contributed by atoms with Gasteiger partial charge in [0, 0.05) is 12.1 Å². The first-order valence-corrected chi connectivity index (χ1v) is 6.71. The van der Waals surface area contributed by atoms with Crippen LogP contribution < -0.4 is 5.32 Å². The van der Waals surface area contributed by atoms with Gasteiger partial charge in [0.1, 0.15) is 5.82 Å². The fourth-order valence-corrected chi connectivity index (χ4v) is 1.88. The van der Waals surface area contributed by atoms with E-state index in [1.54, 1.807) is 0 Å². The number of carbonyl (C=O) groups excluding carboxylic acids is 1. The lowest BCUT2D eigenvalue weighted by molar-refractivity contribution is 0.0946. The van der Waals surface area contributed by atoms with E-state index < -0.39 is 0 Å². The van der Waals surface area contributed by atoms with Crippen molar-refractivity contribution in [1.29, 1.82) is 0 Å². The fourth-order valence-electron chi connectivity index (χ4n) is 1.88. The van der Waals surface area contributed by atoms with Gasteiger partial charge < -0.3 is 5.32 Å². The molecule has 0 spiro atoms. The lowest BCUT2D eigenvalue weighted by Gasteiger charge is -2.15. The zero-order valence-corrected chi connectivity index (χ0v) is 11.2. The van der Waals surface area contributed by atoms with Crippen molar-refractivity contribution in [3.05, 3.63) is 35.6 Å². The molecule has 0 aliphatic rings. The minimum Gasteiger partial charge on any atom is -0.352 e. The van der Waals surface area contributed by atoms with Crippen LogP contribution in [0.3, 0.4) is 0 Å². The van der Waals surface area contributed by atoms with Crippen LogP contribution in [0.1, 0.15) is 49.9 Å². The van der Waals surface area contributed by atoms with Crippen LogP contribution >= 0.6 is 0 Å². The third kappa shape index (κ3) is 4.86. The van der Waals surface area contributed by atoms with Crippen LogP contribution in [0.5, 0.6) is 0 Å². The highest BCUT2D eigenvalue weighted by atomic mass is 19.1. The second-order valence-corrected chi connectivity index (χ2v) is 4.63. The van der Waals surface area contributed by atoms with Gasteiger partial charge in [-0.25, -0.2) is 4.39 Å². The van der Waals surface area contributed by atoms with Crippen molar-refractivity contribution in [3.8, 4) is 0 Å². The fraction of sp³-hybridized carbons (Fsp3) is 0.533. The minimum atomic E-state index is -0.319. The van der Waals surface area contributed by atoms with Gasteiger partial charge in [0.25, 0.3) is 5.91 Å². The summed E-state index contributed by atoms with van der Waals surface area (Å²) in [5.41, 5.74) is 0.516. The van der Waals surface area contributed by atoms with Crippen LogP contribution in [0.25, 0.3) is 0 Å². The number of benzene rings is 1. The molecule has 0 heterocycles. The number of hydrogen-bond donors (Lipinski definition) is 1. The smallest absolute Gasteiger partial charge is 0.251 e. The van der Waals surface area contributed by atoms with Crippen molar-refractivity contribution >= 4 is 5.91 Å². The number of nitrogens with one attached hydrogen (secondary N) is 1. The summed E-state index contributed by atoms with van der Waals surface area (Å²) < 4.78 is 12.7. The first-order valence-electron chi connectivity index (χ1n) is 6.71. The van der Waals surface area contributed by atoms with E-state index in [2.05, 4.69) is 19.2 Å². The van der Waals surface area contributed by atoms with E-state index in [0.717, 1.165) is 12.8 Å². The SMILES string of the molecule is CCCC[C@@H](CC)CNC(=O)c1ccc(F)cc1. The Balaban J connectivity index is 2.42. The highest BCUT2D eigenvalue weighted by Gasteiger charge is 2.09. The number of carbonyl (C=O) groups is 1.